The van der Waals surface area contributed by atoms with Gasteiger partial charge < -0.3 is 20.7 Å². The molecule has 4 N–H and O–H groups in total. The van der Waals surface area contributed by atoms with E-state index in [4.69, 9.17) is 16.3 Å². The molecule has 0 atom stereocenters. The van der Waals surface area contributed by atoms with E-state index in [0.717, 1.165) is 28.8 Å². The number of anilines is 1. The lowest BCUT2D eigenvalue weighted by Gasteiger charge is -2.11. The number of carbonyl (C=O) groups is 2. The van der Waals surface area contributed by atoms with Gasteiger partial charge in [-0.05, 0) is 31.0 Å². The van der Waals surface area contributed by atoms with Crippen molar-refractivity contribution in [3.63, 3.8) is 0 Å². The van der Waals surface area contributed by atoms with E-state index in [0.29, 0.717) is 46.5 Å². The molecule has 13 heteroatoms. The van der Waals surface area contributed by atoms with E-state index < -0.39 is 0 Å². The molecule has 1 aromatic carbocycles. The molecular formula is C24H27ClN8O3S. The summed E-state index contributed by atoms with van der Waals surface area (Å²) in [7, 11) is 0. The normalized spacial score (nSPS) is 13.3. The molecular weight excluding hydrogens is 516 g/mol. The van der Waals surface area contributed by atoms with Crippen molar-refractivity contribution in [2.75, 3.05) is 25.0 Å². The number of H-pyrrole nitrogens is 1. The summed E-state index contributed by atoms with van der Waals surface area (Å²) in [5.41, 5.74) is 2.02. The molecule has 0 radical (unpaired) electrons. The van der Waals surface area contributed by atoms with Crippen molar-refractivity contribution in [1.82, 2.24) is 35.4 Å². The number of aromatic amines is 1. The first-order valence-corrected chi connectivity index (χ1v) is 13.2. The Labute approximate surface area is 222 Å². The van der Waals surface area contributed by atoms with Gasteiger partial charge >= 0.3 is 0 Å². The summed E-state index contributed by atoms with van der Waals surface area (Å²) in [5.74, 6) is 0.978. The topological polar surface area (TPSA) is 139 Å². The number of fused-ring (bicyclic) bond motifs is 1. The number of ether oxygens (including phenoxy) is 1. The minimum Gasteiger partial charge on any atom is -0.484 e. The van der Waals surface area contributed by atoms with Gasteiger partial charge in [0.15, 0.2) is 23.2 Å². The van der Waals surface area contributed by atoms with Crippen LogP contribution in [0.15, 0.2) is 30.7 Å². The van der Waals surface area contributed by atoms with E-state index >= 15 is 0 Å². The fraction of sp³-hybridized carbons (Fsp3) is 0.375. The van der Waals surface area contributed by atoms with E-state index in [1.54, 1.807) is 24.7 Å². The molecule has 1 fully saturated rings. The monoisotopic (exact) mass is 542 g/mol. The van der Waals surface area contributed by atoms with Crippen LogP contribution in [0.3, 0.4) is 0 Å². The molecule has 5 rings (SSSR count). The molecule has 0 aliphatic heterocycles. The fourth-order valence-electron chi connectivity index (χ4n) is 3.69. The molecule has 2 amide bonds. The lowest BCUT2D eigenvalue weighted by molar-refractivity contribution is -0.123. The molecule has 0 spiro atoms. The van der Waals surface area contributed by atoms with Gasteiger partial charge in [-0.15, -0.1) is 0 Å². The minimum absolute atomic E-state index is 0.00365. The van der Waals surface area contributed by atoms with Crippen LogP contribution in [0.5, 0.6) is 5.75 Å². The van der Waals surface area contributed by atoms with Crippen LogP contribution in [0.4, 0.5) is 5.13 Å². The molecule has 0 saturated heterocycles. The van der Waals surface area contributed by atoms with Crippen LogP contribution in [0.25, 0.3) is 27.4 Å². The molecule has 3 heterocycles. The maximum absolute atomic E-state index is 12.1. The molecule has 0 unspecified atom stereocenters. The third-order valence-corrected chi connectivity index (χ3v) is 7.01. The average Bonchev–Trinajstić information content (AvgIpc) is 3.30. The minimum atomic E-state index is -0.205. The molecule has 0 bridgehead atoms. The van der Waals surface area contributed by atoms with Crippen LogP contribution in [0.2, 0.25) is 5.02 Å². The van der Waals surface area contributed by atoms with Gasteiger partial charge in [-0.25, -0.2) is 9.97 Å². The first kappa shape index (κ1) is 25.2. The Morgan fingerprint density at radius 1 is 1.30 bits per heavy atom. The number of rotatable bonds is 11. The summed E-state index contributed by atoms with van der Waals surface area (Å²) in [6.45, 7) is 5.21. The molecule has 11 nitrogen and oxygen atoms in total. The van der Waals surface area contributed by atoms with Crippen molar-refractivity contribution in [2.45, 2.75) is 32.7 Å². The number of hydrogen-bond donors (Lipinski definition) is 4. The van der Waals surface area contributed by atoms with Crippen LogP contribution in [0, 0.1) is 5.92 Å². The number of imidazole rings is 1. The van der Waals surface area contributed by atoms with Gasteiger partial charge in [0, 0.05) is 30.6 Å². The number of amides is 2. The first-order valence-electron chi connectivity index (χ1n) is 12.0. The number of carbonyl (C=O) groups excluding carboxylic acids is 2. The number of benzene rings is 1. The SMILES string of the molecule is CC(C)NCCNC(=O)COc1ccc(-c2cncn2-c2n[nH]c3nc(NC(=O)C4CC4)sc23)c(Cl)c1. The average molecular weight is 543 g/mol. The van der Waals surface area contributed by atoms with Gasteiger partial charge in [-0.1, -0.05) is 36.8 Å². The van der Waals surface area contributed by atoms with Crippen molar-refractivity contribution in [1.29, 1.82) is 0 Å². The Morgan fingerprint density at radius 2 is 2.14 bits per heavy atom. The van der Waals surface area contributed by atoms with Crippen molar-refractivity contribution in [3.05, 3.63) is 35.7 Å². The number of hydrogen-bond acceptors (Lipinski definition) is 8. The number of aromatic nitrogens is 5. The standard InChI is InChI=1S/C24H27ClN8O3S/c1-13(2)27-7-8-28-19(34)11-36-15-5-6-16(17(25)9-15)18-10-26-12-33(18)22-20-21(31-32-22)29-24(37-20)30-23(35)14-3-4-14/h5-6,9-10,12-14,27H,3-4,7-8,11H2,1-2H3,(H,28,34)(H2,29,30,31,32,35). The maximum atomic E-state index is 12.1. The summed E-state index contributed by atoms with van der Waals surface area (Å²) in [4.78, 5) is 32.9. The largest absolute Gasteiger partial charge is 0.484 e. The van der Waals surface area contributed by atoms with Gasteiger partial charge in [0.2, 0.25) is 5.91 Å². The molecule has 4 aromatic rings. The number of halogens is 1. The lowest BCUT2D eigenvalue weighted by Crippen LogP contribution is -2.36. The van der Waals surface area contributed by atoms with E-state index in [1.165, 1.54) is 11.3 Å². The highest BCUT2D eigenvalue weighted by molar-refractivity contribution is 7.22. The molecule has 3 aromatic heterocycles. The Bertz CT molecular complexity index is 1420. The highest BCUT2D eigenvalue weighted by atomic mass is 35.5. The van der Waals surface area contributed by atoms with Gasteiger partial charge in [0.1, 0.15) is 16.8 Å². The third kappa shape index (κ3) is 5.92. The second-order valence-corrected chi connectivity index (χ2v) is 10.5. The lowest BCUT2D eigenvalue weighted by atomic mass is 10.1. The van der Waals surface area contributed by atoms with Gasteiger partial charge in [-0.3, -0.25) is 19.3 Å². The summed E-state index contributed by atoms with van der Waals surface area (Å²) in [5, 5.41) is 17.2. The van der Waals surface area contributed by atoms with Gasteiger partial charge in [-0.2, -0.15) is 5.10 Å². The number of thiazole rings is 1. The third-order valence-electron chi connectivity index (χ3n) is 5.73. The quantitative estimate of drug-likeness (QED) is 0.213. The Morgan fingerprint density at radius 3 is 2.89 bits per heavy atom. The Hall–Kier alpha value is -3.48. The van der Waals surface area contributed by atoms with Crippen molar-refractivity contribution < 1.29 is 14.3 Å². The van der Waals surface area contributed by atoms with Crippen molar-refractivity contribution in [2.24, 2.45) is 5.92 Å². The van der Waals surface area contributed by atoms with Crippen molar-refractivity contribution in [3.8, 4) is 22.8 Å². The van der Waals surface area contributed by atoms with E-state index in [1.807, 2.05) is 24.5 Å². The highest BCUT2D eigenvalue weighted by Crippen LogP contribution is 2.36. The molecule has 1 saturated carbocycles. The zero-order valence-electron chi connectivity index (χ0n) is 20.4. The van der Waals surface area contributed by atoms with Crippen LogP contribution in [-0.4, -0.2) is 62.3 Å². The Balaban J connectivity index is 1.27. The molecule has 1 aliphatic rings. The van der Waals surface area contributed by atoms with E-state index in [-0.39, 0.29) is 24.3 Å². The van der Waals surface area contributed by atoms with Gasteiger partial charge in [0.05, 0.1) is 16.9 Å². The highest BCUT2D eigenvalue weighted by Gasteiger charge is 2.30. The fourth-order valence-corrected chi connectivity index (χ4v) is 4.87. The van der Waals surface area contributed by atoms with E-state index in [2.05, 4.69) is 36.1 Å². The Kier molecular flexibility index (Phi) is 7.40. The van der Waals surface area contributed by atoms with Crippen LogP contribution in [-0.2, 0) is 9.59 Å². The van der Waals surface area contributed by atoms with Crippen molar-refractivity contribution >= 4 is 50.2 Å². The summed E-state index contributed by atoms with van der Waals surface area (Å²) in [6.07, 6.45) is 5.19. The molecule has 194 valence electrons. The van der Waals surface area contributed by atoms with E-state index in [9.17, 15) is 9.59 Å². The van der Waals surface area contributed by atoms with Crippen LogP contribution in [0.1, 0.15) is 26.7 Å². The molecule has 1 aliphatic carbocycles. The predicted molar refractivity (Wildman–Crippen MR) is 142 cm³/mol. The number of nitrogens with one attached hydrogen (secondary N) is 4. The first-order chi connectivity index (χ1) is 17.9. The van der Waals surface area contributed by atoms with Crippen LogP contribution < -0.4 is 20.7 Å². The van der Waals surface area contributed by atoms with Gasteiger partial charge in [0.25, 0.3) is 5.91 Å². The second kappa shape index (κ2) is 10.9. The summed E-state index contributed by atoms with van der Waals surface area (Å²) < 4.78 is 8.21. The zero-order valence-corrected chi connectivity index (χ0v) is 21.9. The smallest absolute Gasteiger partial charge is 0.257 e. The molecule has 37 heavy (non-hydrogen) atoms. The summed E-state index contributed by atoms with van der Waals surface area (Å²) in [6, 6.07) is 5.60. The van der Waals surface area contributed by atoms with Crippen LogP contribution >= 0.6 is 22.9 Å². The zero-order chi connectivity index (χ0) is 25.9. The second-order valence-electron chi connectivity index (χ2n) is 9.05. The summed E-state index contributed by atoms with van der Waals surface area (Å²) >= 11 is 7.95. The number of nitrogens with zero attached hydrogens (tertiary/aromatic N) is 4. The predicted octanol–water partition coefficient (Wildman–Crippen LogP) is 3.37. The maximum Gasteiger partial charge on any atom is 0.257 e.